The summed E-state index contributed by atoms with van der Waals surface area (Å²) in [5.74, 6) is 0.179. The van der Waals surface area contributed by atoms with Crippen molar-refractivity contribution in [3.05, 3.63) is 28.8 Å². The van der Waals surface area contributed by atoms with Gasteiger partial charge in [-0.1, -0.05) is 11.6 Å². The van der Waals surface area contributed by atoms with Crippen molar-refractivity contribution in [2.45, 2.75) is 19.3 Å². The molecule has 1 aliphatic rings. The zero-order chi connectivity index (χ0) is 13.8. The Kier molecular flexibility index (Phi) is 4.66. The van der Waals surface area contributed by atoms with Gasteiger partial charge in [0.15, 0.2) is 0 Å². The summed E-state index contributed by atoms with van der Waals surface area (Å²) in [6.07, 6.45) is 3.43. The van der Waals surface area contributed by atoms with Crippen molar-refractivity contribution >= 4 is 23.2 Å². The summed E-state index contributed by atoms with van der Waals surface area (Å²) in [6.45, 7) is 2.70. The maximum absolute atomic E-state index is 11.1. The van der Waals surface area contributed by atoms with Gasteiger partial charge >= 0.3 is 0 Å². The van der Waals surface area contributed by atoms with E-state index in [-0.39, 0.29) is 0 Å². The summed E-state index contributed by atoms with van der Waals surface area (Å²) in [5, 5.41) is 0.588. The molecule has 1 aromatic carbocycles. The summed E-state index contributed by atoms with van der Waals surface area (Å²) >= 11 is 6.26. The van der Waals surface area contributed by atoms with Crippen LogP contribution in [-0.4, -0.2) is 25.5 Å². The molecule has 1 amide bonds. The molecule has 4 nitrogen and oxygen atoms in total. The standard InChI is InChI=1S/C14H20ClN3O/c15-12-8-11(14(17)19)3-4-13(12)18-7-1-2-10(9-18)5-6-16/h3-4,8,10H,1-2,5-7,9,16H2,(H2,17,19). The minimum Gasteiger partial charge on any atom is -0.370 e. The van der Waals surface area contributed by atoms with Crippen LogP contribution in [0.4, 0.5) is 5.69 Å². The second kappa shape index (κ2) is 6.26. The van der Waals surface area contributed by atoms with Crippen molar-refractivity contribution < 1.29 is 4.79 Å². The van der Waals surface area contributed by atoms with Gasteiger partial charge in [-0.3, -0.25) is 4.79 Å². The Hall–Kier alpha value is -1.26. The molecular weight excluding hydrogens is 262 g/mol. The van der Waals surface area contributed by atoms with Crippen LogP contribution in [0.2, 0.25) is 5.02 Å². The number of halogens is 1. The van der Waals surface area contributed by atoms with Crippen LogP contribution in [0.15, 0.2) is 18.2 Å². The van der Waals surface area contributed by atoms with E-state index in [9.17, 15) is 4.79 Å². The van der Waals surface area contributed by atoms with Crippen molar-refractivity contribution in [1.29, 1.82) is 0 Å². The van der Waals surface area contributed by atoms with E-state index in [2.05, 4.69) is 4.90 Å². The molecule has 0 aliphatic carbocycles. The van der Waals surface area contributed by atoms with Crippen LogP contribution in [-0.2, 0) is 0 Å². The van der Waals surface area contributed by atoms with Crippen LogP contribution < -0.4 is 16.4 Å². The SMILES string of the molecule is NCCC1CCCN(c2ccc(C(N)=O)cc2Cl)C1. The molecule has 5 heteroatoms. The number of anilines is 1. The summed E-state index contributed by atoms with van der Waals surface area (Å²) in [6, 6.07) is 5.26. The second-order valence-electron chi connectivity index (χ2n) is 5.06. The molecule has 2 rings (SSSR count). The number of nitrogens with two attached hydrogens (primary N) is 2. The highest BCUT2D eigenvalue weighted by molar-refractivity contribution is 6.33. The summed E-state index contributed by atoms with van der Waals surface area (Å²) < 4.78 is 0. The fourth-order valence-corrected chi connectivity index (χ4v) is 2.97. The normalized spacial score (nSPS) is 19.5. The summed E-state index contributed by atoms with van der Waals surface area (Å²) in [7, 11) is 0. The number of rotatable bonds is 4. The van der Waals surface area contributed by atoms with Gasteiger partial charge in [-0.2, -0.15) is 0 Å². The van der Waals surface area contributed by atoms with Gasteiger partial charge in [0.2, 0.25) is 5.91 Å². The van der Waals surface area contributed by atoms with Crippen LogP contribution in [0.5, 0.6) is 0 Å². The zero-order valence-electron chi connectivity index (χ0n) is 10.9. The fraction of sp³-hybridized carbons (Fsp3) is 0.500. The van der Waals surface area contributed by atoms with E-state index in [1.807, 2.05) is 6.07 Å². The van der Waals surface area contributed by atoms with Crippen LogP contribution in [0.3, 0.4) is 0 Å². The topological polar surface area (TPSA) is 72.3 Å². The van der Waals surface area contributed by atoms with Gasteiger partial charge in [0, 0.05) is 18.7 Å². The minimum absolute atomic E-state index is 0.448. The van der Waals surface area contributed by atoms with E-state index in [0.29, 0.717) is 16.5 Å². The number of nitrogens with zero attached hydrogens (tertiary/aromatic N) is 1. The molecule has 1 heterocycles. The average molecular weight is 282 g/mol. The minimum atomic E-state index is -0.451. The van der Waals surface area contributed by atoms with E-state index in [1.165, 1.54) is 6.42 Å². The molecule has 104 valence electrons. The average Bonchev–Trinajstić information content (AvgIpc) is 2.39. The first-order valence-corrected chi connectivity index (χ1v) is 7.04. The Morgan fingerprint density at radius 1 is 1.47 bits per heavy atom. The maximum Gasteiger partial charge on any atom is 0.248 e. The van der Waals surface area contributed by atoms with Gasteiger partial charge < -0.3 is 16.4 Å². The van der Waals surface area contributed by atoms with E-state index >= 15 is 0 Å². The molecule has 0 bridgehead atoms. The van der Waals surface area contributed by atoms with Crippen molar-refractivity contribution in [1.82, 2.24) is 0 Å². The van der Waals surface area contributed by atoms with Gasteiger partial charge in [0.05, 0.1) is 10.7 Å². The van der Waals surface area contributed by atoms with E-state index in [4.69, 9.17) is 23.1 Å². The van der Waals surface area contributed by atoms with Gasteiger partial charge in [0.1, 0.15) is 0 Å². The Bertz CT molecular complexity index is 462. The van der Waals surface area contributed by atoms with Crippen LogP contribution in [0.25, 0.3) is 0 Å². The first-order chi connectivity index (χ1) is 9.11. The molecule has 1 fully saturated rings. The highest BCUT2D eigenvalue weighted by Crippen LogP contribution is 2.31. The first kappa shape index (κ1) is 14.2. The monoisotopic (exact) mass is 281 g/mol. The molecular formula is C14H20ClN3O. The lowest BCUT2D eigenvalue weighted by Gasteiger charge is -2.35. The molecule has 1 saturated heterocycles. The summed E-state index contributed by atoms with van der Waals surface area (Å²) in [4.78, 5) is 13.4. The Balaban J connectivity index is 2.15. The Morgan fingerprint density at radius 3 is 2.89 bits per heavy atom. The van der Waals surface area contributed by atoms with E-state index in [0.717, 1.165) is 38.2 Å². The zero-order valence-corrected chi connectivity index (χ0v) is 11.7. The van der Waals surface area contributed by atoms with Crippen LogP contribution >= 0.6 is 11.6 Å². The van der Waals surface area contributed by atoms with Crippen molar-refractivity contribution in [3.8, 4) is 0 Å². The number of piperidine rings is 1. The largest absolute Gasteiger partial charge is 0.370 e. The predicted octanol–water partition coefficient (Wildman–Crippen LogP) is 2.00. The highest BCUT2D eigenvalue weighted by atomic mass is 35.5. The summed E-state index contributed by atoms with van der Waals surface area (Å²) in [5.41, 5.74) is 12.3. The van der Waals surface area contributed by atoms with Crippen molar-refractivity contribution in [2.24, 2.45) is 17.4 Å². The van der Waals surface area contributed by atoms with Crippen molar-refractivity contribution in [3.63, 3.8) is 0 Å². The molecule has 1 atom stereocenters. The number of amides is 1. The number of carbonyl (C=O) groups is 1. The quantitative estimate of drug-likeness (QED) is 0.887. The first-order valence-electron chi connectivity index (χ1n) is 6.66. The molecule has 19 heavy (non-hydrogen) atoms. The molecule has 1 unspecified atom stereocenters. The molecule has 0 spiro atoms. The lowest BCUT2D eigenvalue weighted by Crippen LogP contribution is -2.36. The van der Waals surface area contributed by atoms with Crippen LogP contribution in [0, 0.1) is 5.92 Å². The van der Waals surface area contributed by atoms with E-state index < -0.39 is 5.91 Å². The van der Waals surface area contributed by atoms with Gasteiger partial charge in [-0.05, 0) is 49.9 Å². The molecule has 0 saturated carbocycles. The Labute approximate surface area is 118 Å². The predicted molar refractivity (Wildman–Crippen MR) is 78.6 cm³/mol. The number of hydrogen-bond acceptors (Lipinski definition) is 3. The van der Waals surface area contributed by atoms with E-state index in [1.54, 1.807) is 12.1 Å². The Morgan fingerprint density at radius 2 is 2.26 bits per heavy atom. The molecule has 1 aliphatic heterocycles. The molecule has 1 aromatic rings. The fourth-order valence-electron chi connectivity index (χ4n) is 2.67. The third kappa shape index (κ3) is 3.39. The lowest BCUT2D eigenvalue weighted by molar-refractivity contribution is 0.100. The van der Waals surface area contributed by atoms with Gasteiger partial charge in [-0.15, -0.1) is 0 Å². The van der Waals surface area contributed by atoms with Gasteiger partial charge in [-0.25, -0.2) is 0 Å². The smallest absolute Gasteiger partial charge is 0.248 e. The van der Waals surface area contributed by atoms with Crippen molar-refractivity contribution in [2.75, 3.05) is 24.5 Å². The number of hydrogen-bond donors (Lipinski definition) is 2. The number of primary amides is 1. The third-order valence-corrected chi connectivity index (χ3v) is 3.97. The second-order valence-corrected chi connectivity index (χ2v) is 5.47. The number of benzene rings is 1. The lowest BCUT2D eigenvalue weighted by atomic mass is 9.94. The van der Waals surface area contributed by atoms with Gasteiger partial charge in [0.25, 0.3) is 0 Å². The third-order valence-electron chi connectivity index (χ3n) is 3.67. The maximum atomic E-state index is 11.1. The molecule has 0 aromatic heterocycles. The number of carbonyl (C=O) groups excluding carboxylic acids is 1. The molecule has 4 N–H and O–H groups in total. The van der Waals surface area contributed by atoms with Crippen LogP contribution in [0.1, 0.15) is 29.6 Å². The molecule has 0 radical (unpaired) electrons. The highest BCUT2D eigenvalue weighted by Gasteiger charge is 2.21.